The summed E-state index contributed by atoms with van der Waals surface area (Å²) in [7, 11) is 0. The Hall–Kier alpha value is -2.49. The molecule has 4 nitrogen and oxygen atoms in total. The Labute approximate surface area is 150 Å². The van der Waals surface area contributed by atoms with Crippen LogP contribution in [0.25, 0.3) is 0 Å². The van der Waals surface area contributed by atoms with Gasteiger partial charge in [0.1, 0.15) is 5.75 Å². The minimum absolute atomic E-state index is 0.218. The number of benzene rings is 2. The first-order valence-corrected chi connectivity index (χ1v) is 8.97. The van der Waals surface area contributed by atoms with Gasteiger partial charge >= 0.3 is 0 Å². The lowest BCUT2D eigenvalue weighted by molar-refractivity contribution is -0.130. The first-order valence-electron chi connectivity index (χ1n) is 8.97. The van der Waals surface area contributed by atoms with Crippen LogP contribution >= 0.6 is 0 Å². The van der Waals surface area contributed by atoms with Gasteiger partial charge < -0.3 is 14.5 Å². The molecule has 0 radical (unpaired) electrons. The molecule has 1 aliphatic rings. The molecule has 4 heteroatoms. The van der Waals surface area contributed by atoms with Crippen molar-refractivity contribution in [2.75, 3.05) is 37.7 Å². The normalized spacial score (nSPS) is 14.5. The molecule has 0 aromatic heterocycles. The van der Waals surface area contributed by atoms with Crippen LogP contribution in [-0.2, 0) is 11.2 Å². The minimum Gasteiger partial charge on any atom is -0.494 e. The van der Waals surface area contributed by atoms with Crippen LogP contribution in [0.3, 0.4) is 0 Å². The van der Waals surface area contributed by atoms with Crippen LogP contribution < -0.4 is 9.64 Å². The molecule has 0 aliphatic carbocycles. The summed E-state index contributed by atoms with van der Waals surface area (Å²) >= 11 is 0. The topological polar surface area (TPSA) is 32.8 Å². The van der Waals surface area contributed by atoms with Crippen molar-refractivity contribution in [3.05, 3.63) is 59.7 Å². The molecule has 0 N–H and O–H groups in total. The van der Waals surface area contributed by atoms with E-state index in [-0.39, 0.29) is 5.91 Å². The molecule has 0 atom stereocenters. The molecule has 3 rings (SSSR count). The largest absolute Gasteiger partial charge is 0.494 e. The van der Waals surface area contributed by atoms with Crippen LogP contribution in [0.5, 0.6) is 5.75 Å². The SMILES string of the molecule is CCOc1ccc(N2CCN(C(=O)Cc3ccc(C)cc3)CC2)cc1. The first-order chi connectivity index (χ1) is 12.2. The number of hydrogen-bond acceptors (Lipinski definition) is 3. The van der Waals surface area contributed by atoms with Gasteiger partial charge in [0, 0.05) is 31.9 Å². The van der Waals surface area contributed by atoms with Crippen molar-refractivity contribution in [1.82, 2.24) is 4.90 Å². The van der Waals surface area contributed by atoms with Crippen LogP contribution in [0.1, 0.15) is 18.1 Å². The van der Waals surface area contributed by atoms with Crippen molar-refractivity contribution in [2.45, 2.75) is 20.3 Å². The summed E-state index contributed by atoms with van der Waals surface area (Å²) in [4.78, 5) is 16.8. The van der Waals surface area contributed by atoms with Gasteiger partial charge in [-0.2, -0.15) is 0 Å². The lowest BCUT2D eigenvalue weighted by atomic mass is 10.1. The molecule has 0 unspecified atom stereocenters. The second-order valence-corrected chi connectivity index (χ2v) is 6.46. The Kier molecular flexibility index (Phi) is 5.59. The van der Waals surface area contributed by atoms with E-state index in [9.17, 15) is 4.79 Å². The molecule has 1 saturated heterocycles. The second-order valence-electron chi connectivity index (χ2n) is 6.46. The van der Waals surface area contributed by atoms with Crippen molar-refractivity contribution in [1.29, 1.82) is 0 Å². The summed E-state index contributed by atoms with van der Waals surface area (Å²) in [6, 6.07) is 16.4. The van der Waals surface area contributed by atoms with E-state index in [4.69, 9.17) is 4.74 Å². The Bertz CT molecular complexity index is 687. The molecule has 2 aromatic carbocycles. The summed E-state index contributed by atoms with van der Waals surface area (Å²) in [6.07, 6.45) is 0.489. The van der Waals surface area contributed by atoms with Gasteiger partial charge in [0.2, 0.25) is 5.91 Å². The highest BCUT2D eigenvalue weighted by Gasteiger charge is 2.21. The number of aryl methyl sites for hydroxylation is 1. The molecule has 1 fully saturated rings. The fourth-order valence-electron chi connectivity index (χ4n) is 3.13. The summed E-state index contributed by atoms with van der Waals surface area (Å²) in [5.74, 6) is 1.12. The Morgan fingerprint density at radius 2 is 1.60 bits per heavy atom. The van der Waals surface area contributed by atoms with Crippen LogP contribution in [0.15, 0.2) is 48.5 Å². The second kappa shape index (κ2) is 8.06. The number of amides is 1. The molecular weight excluding hydrogens is 312 g/mol. The highest BCUT2D eigenvalue weighted by Crippen LogP contribution is 2.21. The van der Waals surface area contributed by atoms with Crippen molar-refractivity contribution >= 4 is 11.6 Å². The number of piperazine rings is 1. The third kappa shape index (κ3) is 4.53. The van der Waals surface area contributed by atoms with Crippen LogP contribution in [0.4, 0.5) is 5.69 Å². The zero-order chi connectivity index (χ0) is 17.6. The van der Waals surface area contributed by atoms with Gasteiger partial charge in [-0.25, -0.2) is 0 Å². The highest BCUT2D eigenvalue weighted by atomic mass is 16.5. The quantitative estimate of drug-likeness (QED) is 0.839. The molecule has 0 bridgehead atoms. The Morgan fingerprint density at radius 3 is 2.20 bits per heavy atom. The van der Waals surface area contributed by atoms with E-state index < -0.39 is 0 Å². The van der Waals surface area contributed by atoms with E-state index >= 15 is 0 Å². The lowest BCUT2D eigenvalue weighted by Crippen LogP contribution is -2.49. The minimum atomic E-state index is 0.218. The number of carbonyl (C=O) groups is 1. The van der Waals surface area contributed by atoms with Crippen LogP contribution in [0, 0.1) is 6.92 Å². The van der Waals surface area contributed by atoms with Gasteiger partial charge in [0.15, 0.2) is 0 Å². The van der Waals surface area contributed by atoms with Crippen molar-refractivity contribution in [3.63, 3.8) is 0 Å². The van der Waals surface area contributed by atoms with Crippen LogP contribution in [-0.4, -0.2) is 43.6 Å². The molecule has 1 amide bonds. The molecule has 132 valence electrons. The molecule has 0 saturated carbocycles. The third-order valence-electron chi connectivity index (χ3n) is 4.62. The van der Waals surface area contributed by atoms with Gasteiger partial charge in [-0.15, -0.1) is 0 Å². The summed E-state index contributed by atoms with van der Waals surface area (Å²) in [5.41, 5.74) is 3.50. The van der Waals surface area contributed by atoms with Gasteiger partial charge in [0.05, 0.1) is 13.0 Å². The van der Waals surface area contributed by atoms with Crippen LogP contribution in [0.2, 0.25) is 0 Å². The molecule has 25 heavy (non-hydrogen) atoms. The lowest BCUT2D eigenvalue weighted by Gasteiger charge is -2.36. The average Bonchev–Trinajstić information content (AvgIpc) is 2.65. The van der Waals surface area contributed by atoms with Gasteiger partial charge in [0.25, 0.3) is 0 Å². The fourth-order valence-corrected chi connectivity index (χ4v) is 3.13. The van der Waals surface area contributed by atoms with E-state index in [1.165, 1.54) is 11.3 Å². The smallest absolute Gasteiger partial charge is 0.227 e. The number of anilines is 1. The third-order valence-corrected chi connectivity index (χ3v) is 4.62. The zero-order valence-electron chi connectivity index (χ0n) is 15.1. The van der Waals surface area contributed by atoms with Crippen molar-refractivity contribution in [2.24, 2.45) is 0 Å². The van der Waals surface area contributed by atoms with Gasteiger partial charge in [-0.3, -0.25) is 4.79 Å². The molecule has 2 aromatic rings. The predicted octanol–water partition coefficient (Wildman–Crippen LogP) is 3.29. The molecule has 1 heterocycles. The molecule has 0 spiro atoms. The maximum absolute atomic E-state index is 12.5. The maximum atomic E-state index is 12.5. The number of hydrogen-bond donors (Lipinski definition) is 0. The standard InChI is InChI=1S/C21H26N2O2/c1-3-25-20-10-8-19(9-11-20)22-12-14-23(15-13-22)21(24)16-18-6-4-17(2)5-7-18/h4-11H,3,12-16H2,1-2H3. The summed E-state index contributed by atoms with van der Waals surface area (Å²) < 4.78 is 5.49. The number of rotatable bonds is 5. The van der Waals surface area contributed by atoms with E-state index in [2.05, 4.69) is 36.1 Å². The maximum Gasteiger partial charge on any atom is 0.227 e. The summed E-state index contributed by atoms with van der Waals surface area (Å²) in [5, 5.41) is 0. The highest BCUT2D eigenvalue weighted by molar-refractivity contribution is 5.79. The Balaban J connectivity index is 1.52. The predicted molar refractivity (Wildman–Crippen MR) is 101 cm³/mol. The van der Waals surface area contributed by atoms with E-state index in [0.29, 0.717) is 13.0 Å². The van der Waals surface area contributed by atoms with E-state index in [0.717, 1.165) is 37.5 Å². The van der Waals surface area contributed by atoms with Gasteiger partial charge in [-0.05, 0) is 43.7 Å². The average molecular weight is 338 g/mol. The van der Waals surface area contributed by atoms with Crippen molar-refractivity contribution < 1.29 is 9.53 Å². The number of carbonyl (C=O) groups excluding carboxylic acids is 1. The summed E-state index contributed by atoms with van der Waals surface area (Å²) in [6.45, 7) is 8.02. The molecule has 1 aliphatic heterocycles. The van der Waals surface area contributed by atoms with E-state index in [1.807, 2.05) is 36.1 Å². The monoisotopic (exact) mass is 338 g/mol. The number of nitrogens with zero attached hydrogens (tertiary/aromatic N) is 2. The Morgan fingerprint density at radius 1 is 0.960 bits per heavy atom. The fraction of sp³-hybridized carbons (Fsp3) is 0.381. The van der Waals surface area contributed by atoms with E-state index in [1.54, 1.807) is 0 Å². The number of ether oxygens (including phenoxy) is 1. The van der Waals surface area contributed by atoms with Crippen molar-refractivity contribution in [3.8, 4) is 5.75 Å². The van der Waals surface area contributed by atoms with Gasteiger partial charge in [-0.1, -0.05) is 29.8 Å². The zero-order valence-corrected chi connectivity index (χ0v) is 15.1. The first kappa shape index (κ1) is 17.3. The molecular formula is C21H26N2O2.